The lowest BCUT2D eigenvalue weighted by Crippen LogP contribution is -2.50. The van der Waals surface area contributed by atoms with Crippen molar-refractivity contribution in [3.8, 4) is 0 Å². The highest BCUT2D eigenvalue weighted by molar-refractivity contribution is 5.70. The number of carbonyl (C=O) groups excluding carboxylic acids is 1. The third kappa shape index (κ3) is 6.32. The summed E-state index contributed by atoms with van der Waals surface area (Å²) < 4.78 is 9.63. The summed E-state index contributed by atoms with van der Waals surface area (Å²) in [5, 5.41) is 0. The Morgan fingerprint density at radius 1 is 1.22 bits per heavy atom. The Balaban J connectivity index is 0.000000816. The van der Waals surface area contributed by atoms with E-state index in [0.717, 1.165) is 18.8 Å². The van der Waals surface area contributed by atoms with Gasteiger partial charge in [-0.2, -0.15) is 0 Å². The van der Waals surface area contributed by atoms with Gasteiger partial charge in [-0.1, -0.05) is 0 Å². The number of piperazine rings is 1. The highest BCUT2D eigenvalue weighted by atomic mass is 16.6. The zero-order chi connectivity index (χ0) is 17.5. The van der Waals surface area contributed by atoms with Gasteiger partial charge in [-0.25, -0.2) is 4.79 Å². The summed E-state index contributed by atoms with van der Waals surface area (Å²) in [6.45, 7) is 8.38. The normalized spacial score (nSPS) is 14.8. The third-order valence-corrected chi connectivity index (χ3v) is 3.10. The first-order valence-electron chi connectivity index (χ1n) is 7.61. The van der Waals surface area contributed by atoms with E-state index in [1.807, 2.05) is 26.8 Å². The van der Waals surface area contributed by atoms with Crippen LogP contribution in [0.15, 0.2) is 18.5 Å². The Labute approximate surface area is 138 Å². The monoisotopic (exact) mass is 324 g/mol. The molecule has 0 aromatic carbocycles. The molecule has 0 unspecified atom stereocenters. The molecule has 7 nitrogen and oxygen atoms in total. The van der Waals surface area contributed by atoms with Crippen molar-refractivity contribution in [1.29, 1.82) is 0 Å². The van der Waals surface area contributed by atoms with Gasteiger partial charge in [-0.3, -0.25) is 4.98 Å². The number of carbonyl (C=O) groups is 1. The highest BCUT2D eigenvalue weighted by Crippen LogP contribution is 2.23. The molecular formula is C16H28N4O3. The Morgan fingerprint density at radius 2 is 1.78 bits per heavy atom. The van der Waals surface area contributed by atoms with Crippen molar-refractivity contribution in [1.82, 2.24) is 9.88 Å². The van der Waals surface area contributed by atoms with Crippen LogP contribution in [0.1, 0.15) is 20.8 Å². The molecule has 2 N–H and O–H groups in total. The van der Waals surface area contributed by atoms with E-state index in [1.165, 1.54) is 0 Å². The number of nitrogen functional groups attached to an aromatic ring is 1. The second kappa shape index (κ2) is 8.57. The summed E-state index contributed by atoms with van der Waals surface area (Å²) in [6, 6.07) is 1.90. The van der Waals surface area contributed by atoms with E-state index < -0.39 is 5.60 Å². The maximum atomic E-state index is 12.0. The van der Waals surface area contributed by atoms with Gasteiger partial charge in [0.25, 0.3) is 0 Å². The number of hydrogen-bond donors (Lipinski definition) is 1. The SMILES string of the molecule is CC(C)(C)OC(=O)N1CCN(c2ccncc2N)CC1.COC. The Kier molecular flexibility index (Phi) is 7.09. The van der Waals surface area contributed by atoms with Crippen LogP contribution in [0.3, 0.4) is 0 Å². The molecular weight excluding hydrogens is 296 g/mol. The molecule has 7 heteroatoms. The van der Waals surface area contributed by atoms with Gasteiger partial charge < -0.3 is 25.0 Å². The van der Waals surface area contributed by atoms with E-state index in [9.17, 15) is 4.79 Å². The number of amides is 1. The van der Waals surface area contributed by atoms with Crippen molar-refractivity contribution in [3.05, 3.63) is 18.5 Å². The van der Waals surface area contributed by atoms with Crippen molar-refractivity contribution in [2.45, 2.75) is 26.4 Å². The van der Waals surface area contributed by atoms with Crippen molar-refractivity contribution in [2.24, 2.45) is 0 Å². The molecule has 2 rings (SSSR count). The van der Waals surface area contributed by atoms with E-state index >= 15 is 0 Å². The van der Waals surface area contributed by atoms with Crippen LogP contribution in [-0.2, 0) is 9.47 Å². The van der Waals surface area contributed by atoms with Crippen LogP contribution < -0.4 is 10.6 Å². The fourth-order valence-corrected chi connectivity index (χ4v) is 2.14. The second-order valence-electron chi connectivity index (χ2n) is 6.30. The summed E-state index contributed by atoms with van der Waals surface area (Å²) in [5.41, 5.74) is 7.11. The van der Waals surface area contributed by atoms with Crippen LogP contribution in [0.4, 0.5) is 16.2 Å². The molecule has 1 aliphatic rings. The number of nitrogens with zero attached hydrogens (tertiary/aromatic N) is 3. The molecule has 0 bridgehead atoms. The maximum absolute atomic E-state index is 12.0. The predicted molar refractivity (Wildman–Crippen MR) is 91.6 cm³/mol. The quantitative estimate of drug-likeness (QED) is 0.851. The van der Waals surface area contributed by atoms with E-state index in [-0.39, 0.29) is 6.09 Å². The minimum absolute atomic E-state index is 0.250. The molecule has 130 valence electrons. The topological polar surface area (TPSA) is 80.9 Å². The van der Waals surface area contributed by atoms with Crippen molar-refractivity contribution >= 4 is 17.5 Å². The molecule has 1 amide bonds. The zero-order valence-corrected chi connectivity index (χ0v) is 14.7. The lowest BCUT2D eigenvalue weighted by molar-refractivity contribution is 0.0240. The number of methoxy groups -OCH3 is 1. The number of hydrogen-bond acceptors (Lipinski definition) is 6. The fraction of sp³-hybridized carbons (Fsp3) is 0.625. The summed E-state index contributed by atoms with van der Waals surface area (Å²) in [4.78, 5) is 19.9. The van der Waals surface area contributed by atoms with Gasteiger partial charge in [0, 0.05) is 46.6 Å². The van der Waals surface area contributed by atoms with E-state index in [2.05, 4.69) is 14.6 Å². The third-order valence-electron chi connectivity index (χ3n) is 3.10. The van der Waals surface area contributed by atoms with Crippen LogP contribution in [0, 0.1) is 0 Å². The average molecular weight is 324 g/mol. The maximum Gasteiger partial charge on any atom is 0.410 e. The molecule has 23 heavy (non-hydrogen) atoms. The number of anilines is 2. The average Bonchev–Trinajstić information content (AvgIpc) is 2.47. The predicted octanol–water partition coefficient (Wildman–Crippen LogP) is 1.98. The van der Waals surface area contributed by atoms with Gasteiger partial charge in [0.15, 0.2) is 0 Å². The van der Waals surface area contributed by atoms with E-state index in [4.69, 9.17) is 10.5 Å². The number of nitrogens with two attached hydrogens (primary N) is 1. The second-order valence-corrected chi connectivity index (χ2v) is 6.30. The van der Waals surface area contributed by atoms with Crippen molar-refractivity contribution in [2.75, 3.05) is 51.0 Å². The number of aromatic nitrogens is 1. The van der Waals surface area contributed by atoms with Gasteiger partial charge in [0.1, 0.15) is 5.60 Å². The summed E-state index contributed by atoms with van der Waals surface area (Å²) in [6.07, 6.45) is 3.13. The van der Waals surface area contributed by atoms with Gasteiger partial charge >= 0.3 is 6.09 Å². The van der Waals surface area contributed by atoms with Gasteiger partial charge in [-0.05, 0) is 26.8 Å². The zero-order valence-electron chi connectivity index (χ0n) is 14.7. The first-order valence-corrected chi connectivity index (χ1v) is 7.61. The van der Waals surface area contributed by atoms with Gasteiger partial charge in [0.2, 0.25) is 0 Å². The lowest BCUT2D eigenvalue weighted by Gasteiger charge is -2.37. The summed E-state index contributed by atoms with van der Waals surface area (Å²) in [7, 11) is 3.25. The molecule has 1 aromatic rings. The Morgan fingerprint density at radius 3 is 2.26 bits per heavy atom. The van der Waals surface area contributed by atoms with Crippen molar-refractivity contribution < 1.29 is 14.3 Å². The summed E-state index contributed by atoms with van der Waals surface area (Å²) >= 11 is 0. The molecule has 0 spiro atoms. The van der Waals surface area contributed by atoms with Gasteiger partial charge in [-0.15, -0.1) is 0 Å². The highest BCUT2D eigenvalue weighted by Gasteiger charge is 2.26. The summed E-state index contributed by atoms with van der Waals surface area (Å²) in [5.74, 6) is 0. The Hall–Kier alpha value is -2.02. The van der Waals surface area contributed by atoms with Crippen LogP contribution in [-0.4, -0.2) is 62.0 Å². The van der Waals surface area contributed by atoms with Crippen LogP contribution in [0.5, 0.6) is 0 Å². The van der Waals surface area contributed by atoms with E-state index in [1.54, 1.807) is 31.5 Å². The molecule has 1 aliphatic heterocycles. The first kappa shape index (κ1) is 19.0. The van der Waals surface area contributed by atoms with Crippen LogP contribution in [0.2, 0.25) is 0 Å². The fourth-order valence-electron chi connectivity index (χ4n) is 2.14. The minimum atomic E-state index is -0.455. The number of ether oxygens (including phenoxy) is 2. The standard InChI is InChI=1S/C14H22N4O2.C2H6O/c1-14(2,3)20-13(19)18-8-6-17(7-9-18)12-4-5-16-10-11(12)15;1-3-2/h4-5,10H,6-9,15H2,1-3H3;1-2H3. The first-order chi connectivity index (χ1) is 10.8. The van der Waals surface area contributed by atoms with Crippen LogP contribution in [0.25, 0.3) is 0 Å². The molecule has 2 heterocycles. The molecule has 0 radical (unpaired) electrons. The van der Waals surface area contributed by atoms with Crippen molar-refractivity contribution in [3.63, 3.8) is 0 Å². The minimum Gasteiger partial charge on any atom is -0.444 e. The molecule has 0 aliphatic carbocycles. The van der Waals surface area contributed by atoms with Gasteiger partial charge in [0.05, 0.1) is 17.6 Å². The lowest BCUT2D eigenvalue weighted by atomic mass is 10.2. The molecule has 1 aromatic heterocycles. The molecule has 1 fully saturated rings. The van der Waals surface area contributed by atoms with E-state index in [0.29, 0.717) is 18.8 Å². The molecule has 0 atom stereocenters. The smallest absolute Gasteiger partial charge is 0.410 e. The Bertz CT molecular complexity index is 494. The largest absolute Gasteiger partial charge is 0.444 e. The number of rotatable bonds is 1. The number of pyridine rings is 1. The molecule has 0 saturated carbocycles. The van der Waals surface area contributed by atoms with Crippen LogP contribution >= 0.6 is 0 Å². The molecule has 1 saturated heterocycles.